The molecular formula is C28H28F2N4O4. The number of piperidine rings is 1. The van der Waals surface area contributed by atoms with E-state index in [1.807, 2.05) is 37.3 Å². The van der Waals surface area contributed by atoms with Crippen LogP contribution in [0.3, 0.4) is 0 Å². The number of pyridine rings is 1. The SMILES string of the molecule is Cc1ccc(O[C@@H]2CN(Cc3ccc4ncccc4c3)CC2(F)F)cc1CN(C=O)[C@H]1CCC(=O)NC1=O. The largest absolute Gasteiger partial charge is 0.483 e. The number of halogens is 2. The Morgan fingerprint density at radius 2 is 2.05 bits per heavy atom. The Balaban J connectivity index is 1.27. The summed E-state index contributed by atoms with van der Waals surface area (Å²) in [6.07, 6.45) is 1.33. The average molecular weight is 523 g/mol. The zero-order chi connectivity index (χ0) is 26.9. The number of carbonyl (C=O) groups excluding carboxylic acids is 3. The van der Waals surface area contributed by atoms with Crippen molar-refractivity contribution in [2.75, 3.05) is 13.1 Å². The molecule has 2 atom stereocenters. The van der Waals surface area contributed by atoms with Crippen LogP contribution in [0.25, 0.3) is 10.9 Å². The maximum absolute atomic E-state index is 15.0. The Morgan fingerprint density at radius 3 is 2.84 bits per heavy atom. The van der Waals surface area contributed by atoms with Crippen molar-refractivity contribution in [1.29, 1.82) is 0 Å². The highest BCUT2D eigenvalue weighted by Gasteiger charge is 2.49. The molecule has 5 rings (SSSR count). The van der Waals surface area contributed by atoms with Crippen LogP contribution in [0.2, 0.25) is 0 Å². The van der Waals surface area contributed by atoms with E-state index in [1.54, 1.807) is 29.3 Å². The lowest BCUT2D eigenvalue weighted by molar-refractivity contribution is -0.141. The van der Waals surface area contributed by atoms with E-state index in [-0.39, 0.29) is 37.6 Å². The van der Waals surface area contributed by atoms with Crippen LogP contribution in [0.1, 0.15) is 29.5 Å². The van der Waals surface area contributed by atoms with E-state index in [0.717, 1.165) is 22.0 Å². The topological polar surface area (TPSA) is 91.8 Å². The number of aromatic nitrogens is 1. The van der Waals surface area contributed by atoms with Gasteiger partial charge >= 0.3 is 0 Å². The number of hydrogen-bond donors (Lipinski definition) is 1. The molecule has 2 aromatic carbocycles. The lowest BCUT2D eigenvalue weighted by Gasteiger charge is -2.30. The summed E-state index contributed by atoms with van der Waals surface area (Å²) >= 11 is 0. The quantitative estimate of drug-likeness (QED) is 0.361. The number of amides is 3. The number of alkyl halides is 2. The fraction of sp³-hybridized carbons (Fsp3) is 0.357. The Hall–Kier alpha value is -3.92. The number of fused-ring (bicyclic) bond motifs is 1. The van der Waals surface area contributed by atoms with Gasteiger partial charge in [-0.3, -0.25) is 29.6 Å². The minimum Gasteiger partial charge on any atom is -0.483 e. The molecule has 198 valence electrons. The molecule has 38 heavy (non-hydrogen) atoms. The van der Waals surface area contributed by atoms with Gasteiger partial charge < -0.3 is 9.64 Å². The van der Waals surface area contributed by atoms with Crippen molar-refractivity contribution < 1.29 is 27.9 Å². The highest BCUT2D eigenvalue weighted by atomic mass is 19.3. The maximum atomic E-state index is 15.0. The summed E-state index contributed by atoms with van der Waals surface area (Å²) in [7, 11) is 0. The van der Waals surface area contributed by atoms with E-state index < -0.39 is 30.5 Å². The van der Waals surface area contributed by atoms with Crippen LogP contribution in [-0.2, 0) is 27.5 Å². The Morgan fingerprint density at radius 1 is 1.21 bits per heavy atom. The zero-order valence-electron chi connectivity index (χ0n) is 20.9. The molecule has 0 unspecified atom stereocenters. The zero-order valence-corrected chi connectivity index (χ0v) is 20.9. The molecule has 3 aromatic rings. The van der Waals surface area contributed by atoms with Gasteiger partial charge in [-0.1, -0.05) is 18.2 Å². The second-order valence-electron chi connectivity index (χ2n) is 9.90. The molecule has 3 amide bonds. The number of rotatable bonds is 8. The fourth-order valence-corrected chi connectivity index (χ4v) is 5.03. The third kappa shape index (κ3) is 5.50. The number of likely N-dealkylation sites (tertiary alicyclic amines) is 1. The van der Waals surface area contributed by atoms with E-state index in [4.69, 9.17) is 4.74 Å². The molecule has 0 spiro atoms. The molecule has 0 bridgehead atoms. The third-order valence-electron chi connectivity index (χ3n) is 7.10. The molecule has 0 aliphatic carbocycles. The van der Waals surface area contributed by atoms with Crippen LogP contribution in [0.5, 0.6) is 5.75 Å². The summed E-state index contributed by atoms with van der Waals surface area (Å²) in [5, 5.41) is 3.21. The first-order chi connectivity index (χ1) is 18.2. The van der Waals surface area contributed by atoms with Crippen molar-refractivity contribution in [3.05, 3.63) is 71.4 Å². The molecule has 10 heteroatoms. The normalized spacial score (nSPS) is 21.3. The summed E-state index contributed by atoms with van der Waals surface area (Å²) in [6.45, 7) is 1.91. The highest BCUT2D eigenvalue weighted by molar-refractivity contribution is 6.00. The summed E-state index contributed by atoms with van der Waals surface area (Å²) in [5.74, 6) is -3.67. The molecule has 8 nitrogen and oxygen atoms in total. The van der Waals surface area contributed by atoms with Crippen molar-refractivity contribution in [3.8, 4) is 5.75 Å². The monoisotopic (exact) mass is 522 g/mol. The van der Waals surface area contributed by atoms with Crippen molar-refractivity contribution in [3.63, 3.8) is 0 Å². The lowest BCUT2D eigenvalue weighted by atomic mass is 10.0. The van der Waals surface area contributed by atoms with Crippen LogP contribution >= 0.6 is 0 Å². The van der Waals surface area contributed by atoms with Gasteiger partial charge in [0, 0.05) is 37.6 Å². The molecule has 2 aliphatic rings. The predicted octanol–water partition coefficient (Wildman–Crippen LogP) is 3.21. The molecule has 1 aromatic heterocycles. The van der Waals surface area contributed by atoms with E-state index in [1.165, 1.54) is 4.90 Å². The van der Waals surface area contributed by atoms with Gasteiger partial charge in [0.15, 0.2) is 6.10 Å². The van der Waals surface area contributed by atoms with Crippen molar-refractivity contribution >= 4 is 29.1 Å². The summed E-state index contributed by atoms with van der Waals surface area (Å²) < 4.78 is 35.7. The average Bonchev–Trinajstić information content (AvgIpc) is 3.16. The van der Waals surface area contributed by atoms with Gasteiger partial charge in [0.25, 0.3) is 5.92 Å². The smallest absolute Gasteiger partial charge is 0.297 e. The fourth-order valence-electron chi connectivity index (χ4n) is 5.03. The molecule has 2 fully saturated rings. The minimum absolute atomic E-state index is 0.0536. The van der Waals surface area contributed by atoms with Gasteiger partial charge in [-0.05, 0) is 60.4 Å². The Bertz CT molecular complexity index is 1380. The van der Waals surface area contributed by atoms with Crippen LogP contribution in [0.15, 0.2) is 54.7 Å². The minimum atomic E-state index is -3.05. The number of ether oxygens (including phenoxy) is 1. The summed E-state index contributed by atoms with van der Waals surface area (Å²) in [4.78, 5) is 42.8. The van der Waals surface area contributed by atoms with Gasteiger partial charge in [-0.25, -0.2) is 8.78 Å². The second-order valence-corrected chi connectivity index (χ2v) is 9.90. The van der Waals surface area contributed by atoms with Crippen molar-refractivity contribution in [2.24, 2.45) is 0 Å². The van der Waals surface area contributed by atoms with Gasteiger partial charge in [-0.15, -0.1) is 0 Å². The molecular weight excluding hydrogens is 494 g/mol. The highest BCUT2D eigenvalue weighted by Crippen LogP contribution is 2.33. The van der Waals surface area contributed by atoms with Crippen LogP contribution in [-0.4, -0.2) is 64.2 Å². The lowest BCUT2D eigenvalue weighted by Crippen LogP contribution is -2.51. The van der Waals surface area contributed by atoms with Crippen molar-refractivity contribution in [2.45, 2.75) is 50.9 Å². The first-order valence-electron chi connectivity index (χ1n) is 12.5. The van der Waals surface area contributed by atoms with E-state index >= 15 is 0 Å². The first kappa shape index (κ1) is 25.7. The molecule has 2 saturated heterocycles. The number of nitrogens with one attached hydrogen (secondary N) is 1. The number of nitrogens with zero attached hydrogens (tertiary/aromatic N) is 3. The second kappa shape index (κ2) is 10.4. The summed E-state index contributed by atoms with van der Waals surface area (Å²) in [6, 6.07) is 13.8. The molecule has 2 aliphatic heterocycles. The number of carbonyl (C=O) groups is 3. The van der Waals surface area contributed by atoms with Gasteiger partial charge in [0.1, 0.15) is 11.8 Å². The Kier molecular flexibility index (Phi) is 7.07. The van der Waals surface area contributed by atoms with E-state index in [2.05, 4.69) is 10.3 Å². The molecule has 3 heterocycles. The van der Waals surface area contributed by atoms with Crippen molar-refractivity contribution in [1.82, 2.24) is 20.1 Å². The third-order valence-corrected chi connectivity index (χ3v) is 7.10. The molecule has 1 N–H and O–H groups in total. The number of benzene rings is 2. The number of imide groups is 1. The van der Waals surface area contributed by atoms with Crippen LogP contribution < -0.4 is 10.1 Å². The van der Waals surface area contributed by atoms with Crippen LogP contribution in [0.4, 0.5) is 8.78 Å². The molecule has 0 radical (unpaired) electrons. The first-order valence-corrected chi connectivity index (χ1v) is 12.5. The standard InChI is InChI=1S/C28H28F2N4O4/c1-18-4-6-22(12-21(18)14-34(17-35)24-8-9-26(36)32-27(24)37)38-25-15-33(16-28(25,29)30)13-19-5-7-23-20(11-19)3-2-10-31-23/h2-7,10-12,17,24-25H,8-9,13-16H2,1H3,(H,32,36,37)/t24-,25+/m0/s1. The van der Waals surface area contributed by atoms with Crippen LogP contribution in [0, 0.1) is 6.92 Å². The summed E-state index contributed by atoms with van der Waals surface area (Å²) in [5.41, 5.74) is 3.26. The Labute approximate surface area is 218 Å². The number of hydrogen-bond acceptors (Lipinski definition) is 6. The predicted molar refractivity (Wildman–Crippen MR) is 135 cm³/mol. The van der Waals surface area contributed by atoms with E-state index in [0.29, 0.717) is 18.5 Å². The van der Waals surface area contributed by atoms with Gasteiger partial charge in [0.2, 0.25) is 18.2 Å². The number of aryl methyl sites for hydroxylation is 1. The maximum Gasteiger partial charge on any atom is 0.297 e. The molecule has 0 saturated carbocycles. The van der Waals surface area contributed by atoms with E-state index in [9.17, 15) is 23.2 Å². The van der Waals surface area contributed by atoms with Gasteiger partial charge in [-0.2, -0.15) is 0 Å². The van der Waals surface area contributed by atoms with Gasteiger partial charge in [0.05, 0.1) is 12.1 Å².